The average molecular weight is 415 g/mol. The Hall–Kier alpha value is -0.860. The Morgan fingerprint density at radius 1 is 1.18 bits per heavy atom. The molecule has 1 unspecified atom stereocenters. The molecule has 0 aliphatic heterocycles. The minimum atomic E-state index is -3.62. The molecule has 6 nitrogen and oxygen atoms in total. The number of carbonyl (C=O) groups is 1. The summed E-state index contributed by atoms with van der Waals surface area (Å²) >= 11 is 0. The van der Waals surface area contributed by atoms with E-state index < -0.39 is 16.0 Å². The topological polar surface area (TPSA) is 107 Å². The molecule has 28 heavy (non-hydrogen) atoms. The number of nitrogens with one attached hydrogen (secondary N) is 1. The number of rotatable bonds is 9. The third-order valence-corrected chi connectivity index (χ3v) is 7.33. The second-order valence-corrected chi connectivity index (χ2v) is 9.32. The largest absolute Gasteiger partial charge is 1.00 e. The van der Waals surface area contributed by atoms with Crippen LogP contribution in [0.2, 0.25) is 0 Å². The summed E-state index contributed by atoms with van der Waals surface area (Å²) in [6, 6.07) is 5.51. The summed E-state index contributed by atoms with van der Waals surface area (Å²) < 4.78 is 28.4. The summed E-state index contributed by atoms with van der Waals surface area (Å²) in [4.78, 5) is 10.6. The van der Waals surface area contributed by atoms with E-state index in [1.807, 2.05) is 6.08 Å². The number of phenolic OH excluding ortho intramolecular Hbond substituents is 1. The van der Waals surface area contributed by atoms with Crippen molar-refractivity contribution in [3.05, 3.63) is 36.4 Å². The number of aromatic hydroxyl groups is 1. The Kier molecular flexibility index (Phi) is 8.58. The molecule has 4 atom stereocenters. The SMILES string of the molecule is O=C([O-])CCC/C=C\C[C@H]1[C@@H]2CCC(C2)[C@@H]1NS(=O)(=O)c1ccc(O)cc1.[Na+]. The summed E-state index contributed by atoms with van der Waals surface area (Å²) in [5.41, 5.74) is 0. The van der Waals surface area contributed by atoms with E-state index in [9.17, 15) is 23.4 Å². The maximum Gasteiger partial charge on any atom is 1.00 e. The molecule has 1 aromatic rings. The van der Waals surface area contributed by atoms with Gasteiger partial charge < -0.3 is 15.0 Å². The Labute approximate surface area is 188 Å². The second kappa shape index (κ2) is 10.3. The maximum absolute atomic E-state index is 12.7. The molecule has 2 bridgehead atoms. The Morgan fingerprint density at radius 3 is 2.54 bits per heavy atom. The van der Waals surface area contributed by atoms with Crippen LogP contribution in [0.1, 0.15) is 44.9 Å². The first kappa shape index (κ1) is 23.4. The standard InChI is InChI=1S/C20H27NO5S.Na/c22-16-9-11-17(12-10-16)27(25,26)21-20-15-8-7-14(13-15)18(20)5-3-1-2-4-6-19(23)24;/h1,3,9-12,14-15,18,20-22H,2,4-8,13H2,(H,23,24);/q;+1/p-1/b3-1-;/t14-,15?,18+,20+;/m1./s1. The summed E-state index contributed by atoms with van der Waals surface area (Å²) in [6.45, 7) is 0. The summed E-state index contributed by atoms with van der Waals surface area (Å²) in [7, 11) is -3.62. The van der Waals surface area contributed by atoms with Gasteiger partial charge in [-0.1, -0.05) is 12.2 Å². The van der Waals surface area contributed by atoms with Gasteiger partial charge >= 0.3 is 29.6 Å². The number of hydrogen-bond acceptors (Lipinski definition) is 5. The van der Waals surface area contributed by atoms with Crippen molar-refractivity contribution in [2.75, 3.05) is 0 Å². The van der Waals surface area contributed by atoms with Crippen molar-refractivity contribution < 1.29 is 53.0 Å². The van der Waals surface area contributed by atoms with Crippen molar-refractivity contribution in [1.29, 1.82) is 0 Å². The van der Waals surface area contributed by atoms with Gasteiger partial charge in [0.1, 0.15) is 5.75 Å². The van der Waals surface area contributed by atoms with Crippen LogP contribution in [-0.4, -0.2) is 25.5 Å². The summed E-state index contributed by atoms with van der Waals surface area (Å²) in [5, 5.41) is 19.8. The molecule has 2 aliphatic rings. The number of aliphatic carboxylic acids is 1. The van der Waals surface area contributed by atoms with Gasteiger partial charge in [0.05, 0.1) is 4.90 Å². The van der Waals surface area contributed by atoms with Gasteiger partial charge in [0.2, 0.25) is 10.0 Å². The van der Waals surface area contributed by atoms with Crippen molar-refractivity contribution in [3.8, 4) is 5.75 Å². The molecule has 8 heteroatoms. The van der Waals surface area contributed by atoms with E-state index in [1.54, 1.807) is 0 Å². The van der Waals surface area contributed by atoms with Crippen LogP contribution < -0.4 is 39.4 Å². The van der Waals surface area contributed by atoms with Gasteiger partial charge in [-0.25, -0.2) is 13.1 Å². The Balaban J connectivity index is 0.00000280. The number of carbonyl (C=O) groups excluding carboxylic acids is 1. The Morgan fingerprint density at radius 2 is 1.86 bits per heavy atom. The van der Waals surface area contributed by atoms with Crippen LogP contribution in [0.3, 0.4) is 0 Å². The fourth-order valence-corrected chi connectivity index (χ4v) is 5.90. The van der Waals surface area contributed by atoms with E-state index in [0.29, 0.717) is 24.7 Å². The number of carboxylic acid groups (broad SMARTS) is 1. The van der Waals surface area contributed by atoms with Crippen LogP contribution >= 0.6 is 0 Å². The fourth-order valence-electron chi connectivity index (χ4n) is 4.54. The van der Waals surface area contributed by atoms with Crippen LogP contribution in [0.5, 0.6) is 5.75 Å². The van der Waals surface area contributed by atoms with E-state index in [-0.39, 0.29) is 58.6 Å². The minimum absolute atomic E-state index is 0. The normalized spacial score (nSPS) is 26.4. The predicted molar refractivity (Wildman–Crippen MR) is 99.2 cm³/mol. The first-order valence-electron chi connectivity index (χ1n) is 9.53. The van der Waals surface area contributed by atoms with Gasteiger partial charge in [0, 0.05) is 12.0 Å². The van der Waals surface area contributed by atoms with Gasteiger partial charge in [-0.05, 0) is 87.0 Å². The number of allylic oxidation sites excluding steroid dienone is 2. The number of fused-ring (bicyclic) bond motifs is 2. The molecule has 148 valence electrons. The number of benzene rings is 1. The van der Waals surface area contributed by atoms with Gasteiger partial charge in [0.25, 0.3) is 0 Å². The van der Waals surface area contributed by atoms with Gasteiger partial charge in [0.15, 0.2) is 0 Å². The van der Waals surface area contributed by atoms with Crippen molar-refractivity contribution in [2.45, 2.75) is 55.9 Å². The van der Waals surface area contributed by atoms with Crippen LogP contribution in [0.25, 0.3) is 0 Å². The van der Waals surface area contributed by atoms with Crippen LogP contribution in [0.15, 0.2) is 41.3 Å². The maximum atomic E-state index is 12.7. The number of phenols is 1. The van der Waals surface area contributed by atoms with Crippen molar-refractivity contribution in [1.82, 2.24) is 4.72 Å². The van der Waals surface area contributed by atoms with E-state index >= 15 is 0 Å². The third-order valence-electron chi connectivity index (χ3n) is 5.85. The molecular formula is C20H26NNaO5S. The molecule has 2 aliphatic carbocycles. The number of sulfonamides is 1. The molecule has 0 saturated heterocycles. The van der Waals surface area contributed by atoms with Crippen molar-refractivity contribution in [2.24, 2.45) is 17.8 Å². The average Bonchev–Trinajstić information content (AvgIpc) is 3.20. The van der Waals surface area contributed by atoms with Crippen LogP contribution in [0, 0.1) is 17.8 Å². The fraction of sp³-hybridized carbons (Fsp3) is 0.550. The van der Waals surface area contributed by atoms with Crippen molar-refractivity contribution >= 4 is 16.0 Å². The number of hydrogen-bond donors (Lipinski definition) is 2. The Bertz CT molecular complexity index is 793. The predicted octanol–water partition coefficient (Wildman–Crippen LogP) is -1.04. The molecule has 0 heterocycles. The second-order valence-electron chi connectivity index (χ2n) is 7.61. The summed E-state index contributed by atoms with van der Waals surface area (Å²) in [6.07, 6.45) is 9.42. The zero-order chi connectivity index (χ0) is 19.4. The number of carboxylic acids is 1. The molecule has 0 amide bonds. The number of unbranched alkanes of at least 4 members (excludes halogenated alkanes) is 1. The van der Waals surface area contributed by atoms with E-state index in [4.69, 9.17) is 0 Å². The van der Waals surface area contributed by atoms with E-state index in [1.165, 1.54) is 24.3 Å². The van der Waals surface area contributed by atoms with Crippen molar-refractivity contribution in [3.63, 3.8) is 0 Å². The smallest absolute Gasteiger partial charge is 0.550 e. The van der Waals surface area contributed by atoms with Crippen LogP contribution in [0.4, 0.5) is 0 Å². The molecular weight excluding hydrogens is 389 g/mol. The van der Waals surface area contributed by atoms with Crippen LogP contribution in [-0.2, 0) is 14.8 Å². The summed E-state index contributed by atoms with van der Waals surface area (Å²) in [5.74, 6) is 0.192. The monoisotopic (exact) mass is 415 g/mol. The molecule has 0 radical (unpaired) electrons. The van der Waals surface area contributed by atoms with E-state index in [2.05, 4.69) is 10.8 Å². The first-order chi connectivity index (χ1) is 12.9. The molecule has 0 spiro atoms. The quantitative estimate of drug-likeness (QED) is 0.304. The van der Waals surface area contributed by atoms with Gasteiger partial charge in [-0.15, -0.1) is 0 Å². The minimum Gasteiger partial charge on any atom is -0.550 e. The van der Waals surface area contributed by atoms with Gasteiger partial charge in [-0.2, -0.15) is 0 Å². The van der Waals surface area contributed by atoms with Gasteiger partial charge in [-0.3, -0.25) is 0 Å². The molecule has 2 fully saturated rings. The first-order valence-corrected chi connectivity index (χ1v) is 11.0. The molecule has 0 aromatic heterocycles. The molecule has 1 aromatic carbocycles. The van der Waals surface area contributed by atoms with E-state index in [0.717, 1.165) is 25.7 Å². The molecule has 3 rings (SSSR count). The zero-order valence-corrected chi connectivity index (χ0v) is 19.0. The zero-order valence-electron chi connectivity index (χ0n) is 16.2. The molecule has 2 saturated carbocycles. The molecule has 2 N–H and O–H groups in total. The third kappa shape index (κ3) is 5.83.